The number of benzene rings is 1. The minimum absolute atomic E-state index is 0.177. The van der Waals surface area contributed by atoms with Crippen molar-refractivity contribution in [2.45, 2.75) is 38.6 Å². The number of rotatable bonds is 3. The number of ether oxygens (including phenoxy) is 2. The first kappa shape index (κ1) is 16.1. The molecule has 2 aromatic heterocycles. The maximum absolute atomic E-state index is 12.7. The van der Waals surface area contributed by atoms with Gasteiger partial charge in [0.15, 0.2) is 17.1 Å². The van der Waals surface area contributed by atoms with E-state index in [9.17, 15) is 4.79 Å². The van der Waals surface area contributed by atoms with Crippen molar-refractivity contribution in [2.75, 3.05) is 6.79 Å². The van der Waals surface area contributed by atoms with E-state index in [4.69, 9.17) is 9.47 Å². The lowest BCUT2D eigenvalue weighted by Gasteiger charge is -2.08. The zero-order chi connectivity index (χ0) is 18.2. The summed E-state index contributed by atoms with van der Waals surface area (Å²) in [5, 5.41) is 7.40. The van der Waals surface area contributed by atoms with Gasteiger partial charge >= 0.3 is 0 Å². The summed E-state index contributed by atoms with van der Waals surface area (Å²) >= 11 is 0. The summed E-state index contributed by atoms with van der Waals surface area (Å²) in [6.07, 6.45) is 9.09. The highest BCUT2D eigenvalue weighted by Gasteiger charge is 2.19. The largest absolute Gasteiger partial charge is 0.454 e. The lowest BCUT2D eigenvalue weighted by atomic mass is 10.1. The van der Waals surface area contributed by atoms with Gasteiger partial charge in [0.25, 0.3) is 5.91 Å². The monoisotopic (exact) mass is 364 g/mol. The third-order valence-corrected chi connectivity index (χ3v) is 5.21. The van der Waals surface area contributed by atoms with Crippen LogP contribution in [0.15, 0.2) is 30.6 Å². The lowest BCUT2D eigenvalue weighted by Crippen LogP contribution is -2.23. The van der Waals surface area contributed by atoms with E-state index >= 15 is 0 Å². The van der Waals surface area contributed by atoms with Crippen molar-refractivity contribution in [3.63, 3.8) is 0 Å². The first-order valence-electron chi connectivity index (χ1n) is 9.31. The first-order valence-corrected chi connectivity index (χ1v) is 9.31. The Balaban J connectivity index is 1.37. The van der Waals surface area contributed by atoms with Gasteiger partial charge in [0.2, 0.25) is 6.79 Å². The van der Waals surface area contributed by atoms with Crippen molar-refractivity contribution in [3.05, 3.63) is 53.0 Å². The summed E-state index contributed by atoms with van der Waals surface area (Å²) < 4.78 is 12.5. The van der Waals surface area contributed by atoms with Gasteiger partial charge in [0.1, 0.15) is 5.56 Å². The second-order valence-electron chi connectivity index (χ2n) is 6.95. The normalized spacial score (nSPS) is 15.4. The average molecular weight is 364 g/mol. The highest BCUT2D eigenvalue weighted by Crippen LogP contribution is 2.32. The molecule has 1 amide bonds. The van der Waals surface area contributed by atoms with Crippen LogP contribution < -0.4 is 14.8 Å². The molecule has 0 saturated heterocycles. The number of nitrogens with one attached hydrogen (secondary N) is 1. The molecule has 0 radical (unpaired) electrons. The van der Waals surface area contributed by atoms with Gasteiger partial charge in [-0.3, -0.25) is 4.79 Å². The van der Waals surface area contributed by atoms with E-state index in [2.05, 4.69) is 15.4 Å². The maximum Gasteiger partial charge on any atom is 0.257 e. The molecular formula is C20H20N4O3. The maximum atomic E-state index is 12.7. The fourth-order valence-corrected chi connectivity index (χ4v) is 3.76. The van der Waals surface area contributed by atoms with Crippen molar-refractivity contribution >= 4 is 11.6 Å². The molecule has 7 heteroatoms. The molecular weight excluding hydrogens is 344 g/mol. The molecule has 0 saturated carbocycles. The number of aryl methyl sites for hydroxylation is 2. The minimum Gasteiger partial charge on any atom is -0.454 e. The van der Waals surface area contributed by atoms with Crippen LogP contribution in [0.1, 0.15) is 46.4 Å². The summed E-state index contributed by atoms with van der Waals surface area (Å²) in [6, 6.07) is 5.66. The van der Waals surface area contributed by atoms with Gasteiger partial charge in [-0.25, -0.2) is 9.50 Å². The number of carbonyl (C=O) groups is 1. The molecule has 7 nitrogen and oxygen atoms in total. The molecule has 27 heavy (non-hydrogen) atoms. The molecule has 138 valence electrons. The number of carbonyl (C=O) groups excluding carboxylic acids is 1. The zero-order valence-electron chi connectivity index (χ0n) is 14.9. The van der Waals surface area contributed by atoms with E-state index in [1.807, 2.05) is 28.9 Å². The van der Waals surface area contributed by atoms with Gasteiger partial charge in [0, 0.05) is 18.4 Å². The molecule has 1 aliphatic heterocycles. The highest BCUT2D eigenvalue weighted by molar-refractivity contribution is 5.99. The lowest BCUT2D eigenvalue weighted by molar-refractivity contribution is 0.0952. The van der Waals surface area contributed by atoms with Crippen LogP contribution in [0.4, 0.5) is 0 Å². The van der Waals surface area contributed by atoms with Crippen LogP contribution in [-0.4, -0.2) is 27.3 Å². The summed E-state index contributed by atoms with van der Waals surface area (Å²) in [4.78, 5) is 17.2. The van der Waals surface area contributed by atoms with Crippen LogP contribution in [0.25, 0.3) is 5.65 Å². The number of fused-ring (bicyclic) bond motifs is 4. The van der Waals surface area contributed by atoms with Gasteiger partial charge < -0.3 is 14.8 Å². The number of aromatic nitrogens is 3. The van der Waals surface area contributed by atoms with Gasteiger partial charge in [-0.05, 0) is 48.9 Å². The van der Waals surface area contributed by atoms with Gasteiger partial charge in [-0.2, -0.15) is 5.10 Å². The predicted octanol–water partition coefficient (Wildman–Crippen LogP) is 2.66. The Labute approximate surface area is 156 Å². The second kappa shape index (κ2) is 6.57. The molecule has 1 aliphatic carbocycles. The number of nitrogens with zero attached hydrogens (tertiary/aromatic N) is 3. The average Bonchev–Trinajstić information content (AvgIpc) is 3.26. The Kier molecular flexibility index (Phi) is 3.92. The molecule has 2 aliphatic rings. The van der Waals surface area contributed by atoms with Gasteiger partial charge in [0.05, 0.1) is 6.20 Å². The molecule has 0 unspecified atom stereocenters. The molecule has 0 spiro atoms. The van der Waals surface area contributed by atoms with Gasteiger partial charge in [-0.1, -0.05) is 12.5 Å². The highest BCUT2D eigenvalue weighted by atomic mass is 16.7. The van der Waals surface area contributed by atoms with E-state index in [-0.39, 0.29) is 12.7 Å². The summed E-state index contributed by atoms with van der Waals surface area (Å²) in [7, 11) is 0. The number of hydrogen-bond acceptors (Lipinski definition) is 5. The van der Waals surface area contributed by atoms with Crippen LogP contribution >= 0.6 is 0 Å². The van der Waals surface area contributed by atoms with Crippen LogP contribution in [0.3, 0.4) is 0 Å². The second-order valence-corrected chi connectivity index (χ2v) is 6.95. The quantitative estimate of drug-likeness (QED) is 0.723. The van der Waals surface area contributed by atoms with Crippen molar-refractivity contribution < 1.29 is 14.3 Å². The molecule has 5 rings (SSSR count). The van der Waals surface area contributed by atoms with Crippen molar-refractivity contribution in [2.24, 2.45) is 0 Å². The Morgan fingerprint density at radius 2 is 2.00 bits per heavy atom. The topological polar surface area (TPSA) is 77.8 Å². The van der Waals surface area contributed by atoms with Crippen LogP contribution in [0.2, 0.25) is 0 Å². The Morgan fingerprint density at radius 1 is 1.11 bits per heavy atom. The summed E-state index contributed by atoms with van der Waals surface area (Å²) in [6.45, 7) is 0.640. The first-order chi connectivity index (χ1) is 13.3. The van der Waals surface area contributed by atoms with Crippen LogP contribution in [-0.2, 0) is 19.4 Å². The zero-order valence-corrected chi connectivity index (χ0v) is 14.9. The Hall–Kier alpha value is -3.09. The van der Waals surface area contributed by atoms with Crippen molar-refractivity contribution in [1.29, 1.82) is 0 Å². The number of hydrogen-bond donors (Lipinski definition) is 1. The molecule has 3 heterocycles. The van der Waals surface area contributed by atoms with E-state index < -0.39 is 0 Å². The van der Waals surface area contributed by atoms with Gasteiger partial charge in [-0.15, -0.1) is 0 Å². The SMILES string of the molecule is O=C(NCc1ccc2c(c1)OCO2)c1cnn2c3c(cnc12)CCCCC3. The molecule has 1 aromatic carbocycles. The van der Waals surface area contributed by atoms with E-state index in [1.54, 1.807) is 6.20 Å². The fourth-order valence-electron chi connectivity index (χ4n) is 3.76. The smallest absolute Gasteiger partial charge is 0.257 e. The third kappa shape index (κ3) is 2.89. The summed E-state index contributed by atoms with van der Waals surface area (Å²) in [5.74, 6) is 1.27. The van der Waals surface area contributed by atoms with Crippen LogP contribution in [0.5, 0.6) is 11.5 Å². The molecule has 0 atom stereocenters. The van der Waals surface area contributed by atoms with Crippen molar-refractivity contribution in [1.82, 2.24) is 19.9 Å². The number of amides is 1. The Bertz CT molecular complexity index is 1030. The fraction of sp³-hybridized carbons (Fsp3) is 0.350. The molecule has 3 aromatic rings. The van der Waals surface area contributed by atoms with E-state index in [1.165, 1.54) is 24.1 Å². The van der Waals surface area contributed by atoms with E-state index in [0.717, 1.165) is 30.6 Å². The van der Waals surface area contributed by atoms with Crippen LogP contribution in [0, 0.1) is 0 Å². The predicted molar refractivity (Wildman–Crippen MR) is 98.0 cm³/mol. The minimum atomic E-state index is -0.177. The Morgan fingerprint density at radius 3 is 2.96 bits per heavy atom. The molecule has 0 bridgehead atoms. The van der Waals surface area contributed by atoms with Crippen molar-refractivity contribution in [3.8, 4) is 11.5 Å². The molecule has 0 fully saturated rings. The summed E-state index contributed by atoms with van der Waals surface area (Å²) in [5.41, 5.74) is 4.51. The third-order valence-electron chi connectivity index (χ3n) is 5.21. The molecule has 1 N–H and O–H groups in total. The van der Waals surface area contributed by atoms with E-state index in [0.29, 0.717) is 23.5 Å². The standard InChI is InChI=1S/C20H20N4O3/c25-20(22-9-13-6-7-17-18(8-13)27-12-26-17)15-11-23-24-16-5-3-1-2-4-14(16)10-21-19(15)24/h6-8,10-11H,1-5,9,12H2,(H,22,25).